The highest BCUT2D eigenvalue weighted by molar-refractivity contribution is 6.05. The molecule has 0 unspecified atom stereocenters. The van der Waals surface area contributed by atoms with Gasteiger partial charge in [-0.1, -0.05) is 30.3 Å². The molecule has 1 aromatic heterocycles. The van der Waals surface area contributed by atoms with E-state index in [0.29, 0.717) is 23.5 Å². The van der Waals surface area contributed by atoms with Crippen molar-refractivity contribution < 1.29 is 9.59 Å². The molecule has 0 aliphatic carbocycles. The third kappa shape index (κ3) is 5.17. The number of pyridine rings is 1. The molecule has 0 aliphatic rings. The van der Waals surface area contributed by atoms with Crippen LogP contribution in [0.25, 0.3) is 0 Å². The fourth-order valence-electron chi connectivity index (χ4n) is 2.75. The number of benzene rings is 2. The van der Waals surface area contributed by atoms with Crippen LogP contribution in [0.1, 0.15) is 28.4 Å². The Hall–Kier alpha value is -3.67. The third-order valence-electron chi connectivity index (χ3n) is 4.19. The second-order valence-corrected chi connectivity index (χ2v) is 6.46. The van der Waals surface area contributed by atoms with Gasteiger partial charge in [0.25, 0.3) is 5.91 Å². The highest BCUT2D eigenvalue weighted by Gasteiger charge is 2.09. The molecule has 6 nitrogen and oxygen atoms in total. The van der Waals surface area contributed by atoms with E-state index in [4.69, 9.17) is 0 Å². The van der Waals surface area contributed by atoms with Gasteiger partial charge >= 0.3 is 0 Å². The summed E-state index contributed by atoms with van der Waals surface area (Å²) in [6.07, 6.45) is 3.21. The number of aromatic nitrogens is 1. The molecule has 0 saturated heterocycles. The summed E-state index contributed by atoms with van der Waals surface area (Å²) in [5.74, 6) is -0.438. The van der Waals surface area contributed by atoms with Crippen molar-refractivity contribution in [3.8, 4) is 0 Å². The van der Waals surface area contributed by atoms with Gasteiger partial charge in [0, 0.05) is 37.2 Å². The third-order valence-corrected chi connectivity index (χ3v) is 4.19. The lowest BCUT2D eigenvalue weighted by Crippen LogP contribution is -2.13. The van der Waals surface area contributed by atoms with Crippen LogP contribution in [0.2, 0.25) is 0 Å². The number of hydrogen-bond donors (Lipinski definition) is 3. The van der Waals surface area contributed by atoms with Gasteiger partial charge in [-0.2, -0.15) is 0 Å². The lowest BCUT2D eigenvalue weighted by atomic mass is 10.1. The molecule has 0 aliphatic heterocycles. The standard InChI is InChI=1S/C22H22N4O2/c1-15-6-3-4-7-17(15)13-24-21-10-18(12-23-14-21)22(28)26-20-9-5-8-19(11-20)25-16(2)27/h3-12,14,24H,13H2,1-2H3,(H,25,27)(H,26,28). The predicted octanol–water partition coefficient (Wildman–Crippen LogP) is 4.21. The maximum atomic E-state index is 12.6. The number of hydrogen-bond acceptors (Lipinski definition) is 4. The van der Waals surface area contributed by atoms with E-state index in [9.17, 15) is 9.59 Å². The van der Waals surface area contributed by atoms with E-state index < -0.39 is 0 Å². The van der Waals surface area contributed by atoms with E-state index in [-0.39, 0.29) is 11.8 Å². The van der Waals surface area contributed by atoms with E-state index >= 15 is 0 Å². The highest BCUT2D eigenvalue weighted by Crippen LogP contribution is 2.17. The minimum atomic E-state index is -0.271. The zero-order chi connectivity index (χ0) is 19.9. The molecule has 3 N–H and O–H groups in total. The molecule has 0 saturated carbocycles. The summed E-state index contributed by atoms with van der Waals surface area (Å²) < 4.78 is 0. The molecule has 0 radical (unpaired) electrons. The molecule has 3 rings (SSSR count). The zero-order valence-electron chi connectivity index (χ0n) is 15.8. The van der Waals surface area contributed by atoms with Gasteiger partial charge in [0.2, 0.25) is 5.91 Å². The first kappa shape index (κ1) is 19.1. The van der Waals surface area contributed by atoms with Crippen LogP contribution >= 0.6 is 0 Å². The van der Waals surface area contributed by atoms with Gasteiger partial charge in [0.15, 0.2) is 0 Å². The van der Waals surface area contributed by atoms with Crippen molar-refractivity contribution in [3.63, 3.8) is 0 Å². The monoisotopic (exact) mass is 374 g/mol. The summed E-state index contributed by atoms with van der Waals surface area (Å²) in [6.45, 7) is 4.15. The molecule has 2 aromatic carbocycles. The van der Waals surface area contributed by atoms with Gasteiger partial charge < -0.3 is 16.0 Å². The van der Waals surface area contributed by atoms with Crippen LogP contribution < -0.4 is 16.0 Å². The van der Waals surface area contributed by atoms with Crippen LogP contribution in [0, 0.1) is 6.92 Å². The largest absolute Gasteiger partial charge is 0.380 e. The van der Waals surface area contributed by atoms with Crippen molar-refractivity contribution in [2.75, 3.05) is 16.0 Å². The SMILES string of the molecule is CC(=O)Nc1cccc(NC(=O)c2cncc(NCc3ccccc3C)c2)c1. The molecule has 0 atom stereocenters. The number of aryl methyl sites for hydroxylation is 1. The van der Waals surface area contributed by atoms with Crippen molar-refractivity contribution in [3.05, 3.63) is 83.7 Å². The second-order valence-electron chi connectivity index (χ2n) is 6.46. The van der Waals surface area contributed by atoms with E-state index in [2.05, 4.69) is 40.0 Å². The first-order chi connectivity index (χ1) is 13.5. The summed E-state index contributed by atoms with van der Waals surface area (Å²) in [6, 6.07) is 16.9. The lowest BCUT2D eigenvalue weighted by Gasteiger charge is -2.11. The molecule has 0 spiro atoms. The Morgan fingerprint density at radius 2 is 1.64 bits per heavy atom. The lowest BCUT2D eigenvalue weighted by molar-refractivity contribution is -0.114. The van der Waals surface area contributed by atoms with E-state index in [0.717, 1.165) is 5.69 Å². The number of amides is 2. The Bertz CT molecular complexity index is 1000. The second kappa shape index (κ2) is 8.81. The topological polar surface area (TPSA) is 83.1 Å². The average Bonchev–Trinajstić information content (AvgIpc) is 2.67. The van der Waals surface area contributed by atoms with Crippen LogP contribution in [0.4, 0.5) is 17.1 Å². The molecular formula is C22H22N4O2. The van der Waals surface area contributed by atoms with Gasteiger partial charge in [0.05, 0.1) is 11.3 Å². The maximum absolute atomic E-state index is 12.6. The van der Waals surface area contributed by atoms with Crippen LogP contribution in [0.15, 0.2) is 67.0 Å². The highest BCUT2D eigenvalue weighted by atomic mass is 16.2. The molecule has 28 heavy (non-hydrogen) atoms. The fraction of sp³-hybridized carbons (Fsp3) is 0.136. The fourth-order valence-corrected chi connectivity index (χ4v) is 2.75. The van der Waals surface area contributed by atoms with Crippen LogP contribution in [0.5, 0.6) is 0 Å². The molecule has 3 aromatic rings. The van der Waals surface area contributed by atoms with Crippen LogP contribution in [-0.4, -0.2) is 16.8 Å². The van der Waals surface area contributed by atoms with E-state index in [1.807, 2.05) is 12.1 Å². The first-order valence-corrected chi connectivity index (χ1v) is 8.94. The first-order valence-electron chi connectivity index (χ1n) is 8.94. The van der Waals surface area contributed by atoms with Gasteiger partial charge in [0.1, 0.15) is 0 Å². The molecule has 6 heteroatoms. The average molecular weight is 374 g/mol. The smallest absolute Gasteiger partial charge is 0.257 e. The molecule has 0 fully saturated rings. The Kier molecular flexibility index (Phi) is 6.01. The van der Waals surface area contributed by atoms with Crippen LogP contribution in [0.3, 0.4) is 0 Å². The van der Waals surface area contributed by atoms with E-state index in [1.54, 1.807) is 36.5 Å². The Morgan fingerprint density at radius 1 is 0.893 bits per heavy atom. The number of nitrogens with zero attached hydrogens (tertiary/aromatic N) is 1. The molecule has 0 bridgehead atoms. The molecule has 142 valence electrons. The minimum absolute atomic E-state index is 0.167. The number of nitrogens with one attached hydrogen (secondary N) is 3. The predicted molar refractivity (Wildman–Crippen MR) is 111 cm³/mol. The van der Waals surface area contributed by atoms with Gasteiger partial charge in [-0.25, -0.2) is 0 Å². The summed E-state index contributed by atoms with van der Waals surface area (Å²) in [7, 11) is 0. The number of anilines is 3. The van der Waals surface area contributed by atoms with E-state index in [1.165, 1.54) is 24.2 Å². The van der Waals surface area contributed by atoms with Crippen molar-refractivity contribution in [1.82, 2.24) is 4.98 Å². The number of rotatable bonds is 6. The number of carbonyl (C=O) groups is 2. The van der Waals surface area contributed by atoms with Gasteiger partial charge in [-0.05, 0) is 42.3 Å². The van der Waals surface area contributed by atoms with Crippen molar-refractivity contribution in [2.45, 2.75) is 20.4 Å². The Balaban J connectivity index is 1.67. The van der Waals surface area contributed by atoms with Gasteiger partial charge in [-0.3, -0.25) is 14.6 Å². The summed E-state index contributed by atoms with van der Waals surface area (Å²) in [4.78, 5) is 27.9. The maximum Gasteiger partial charge on any atom is 0.257 e. The van der Waals surface area contributed by atoms with Crippen molar-refractivity contribution >= 4 is 28.9 Å². The Labute approximate surface area is 164 Å². The molecular weight excluding hydrogens is 352 g/mol. The summed E-state index contributed by atoms with van der Waals surface area (Å²) >= 11 is 0. The number of carbonyl (C=O) groups excluding carboxylic acids is 2. The molecule has 1 heterocycles. The normalized spacial score (nSPS) is 10.2. The van der Waals surface area contributed by atoms with Crippen molar-refractivity contribution in [1.29, 1.82) is 0 Å². The summed E-state index contributed by atoms with van der Waals surface area (Å²) in [5, 5.41) is 8.82. The zero-order valence-corrected chi connectivity index (χ0v) is 15.8. The molecule has 2 amide bonds. The quantitative estimate of drug-likeness (QED) is 0.603. The summed E-state index contributed by atoms with van der Waals surface area (Å²) in [5.41, 5.74) is 4.82. The van der Waals surface area contributed by atoms with Crippen molar-refractivity contribution in [2.24, 2.45) is 0 Å². The van der Waals surface area contributed by atoms with Gasteiger partial charge in [-0.15, -0.1) is 0 Å². The minimum Gasteiger partial charge on any atom is -0.380 e. The van der Waals surface area contributed by atoms with Crippen LogP contribution in [-0.2, 0) is 11.3 Å². The Morgan fingerprint density at radius 3 is 2.39 bits per heavy atom.